The molecule has 2 saturated carbocycles. The zero-order valence-electron chi connectivity index (χ0n) is 55.8. The molecule has 6 aromatic heterocycles. The molecule has 0 spiro atoms. The van der Waals surface area contributed by atoms with Crippen LogP contribution in [0.1, 0.15) is 109 Å². The second-order valence-electron chi connectivity index (χ2n) is 26.0. The Balaban J connectivity index is 0.879. The van der Waals surface area contributed by atoms with Crippen molar-refractivity contribution in [1.82, 2.24) is 45.9 Å². The van der Waals surface area contributed by atoms with Crippen LogP contribution in [0.4, 0.5) is 64.7 Å². The Morgan fingerprint density at radius 1 is 0.535 bits per heavy atom. The lowest BCUT2D eigenvalue weighted by atomic mass is 10.0. The minimum atomic E-state index is -1.78. The van der Waals surface area contributed by atoms with Crippen molar-refractivity contribution in [2.24, 2.45) is 5.92 Å². The van der Waals surface area contributed by atoms with Crippen LogP contribution in [0.2, 0.25) is 0 Å². The van der Waals surface area contributed by atoms with E-state index >= 15 is 8.78 Å². The van der Waals surface area contributed by atoms with Gasteiger partial charge >= 0.3 is 0 Å². The summed E-state index contributed by atoms with van der Waals surface area (Å²) >= 11 is 4.43. The molecule has 0 saturated heterocycles. The average Bonchev–Trinajstić information content (AvgIpc) is 1.65. The first-order valence-electron chi connectivity index (χ1n) is 33.6. The molecule has 101 heavy (non-hydrogen) atoms. The standard InChI is InChI=1S/C72H80F3N15O8S3/c1-38(2)69(95)54(75)33-81-72(98)51-30-78-67(27-60(51)88-68(61(94)34-91)41-8-6-5-7-9-41)90(48-16-19-57-64(24-48)101-37-84-57)46-14-11-43(21-46)86-59-26-66(77-29-50(59)71(97)80-32-53(74)40(4)93)89(47-15-18-56-63(23-47)100-36-83-56)45-13-10-42(20-45)85-58-25-65(87-44-12-17-55-62(22-44)99-35-82-55)76-28-49(58)70(96)79-31-52(73)39(3)92/h5-9,12,15-19,22-30,35-40,42-43,45-46,52-54,61,68-69,91-95H,10-11,13-14,20-21,31-34H2,1-4H3,(H,77,86)(H,78,88)(H,79,96)(H,80,97)(H,81,98)(H2,76,85,87). The molecule has 2 fully saturated rings. The van der Waals surface area contributed by atoms with Crippen molar-refractivity contribution in [2.45, 2.75) is 139 Å². The van der Waals surface area contributed by atoms with Gasteiger partial charge in [0.2, 0.25) is 0 Å². The summed E-state index contributed by atoms with van der Waals surface area (Å²) in [5, 5.41) is 74.3. The van der Waals surface area contributed by atoms with Gasteiger partial charge in [-0.2, -0.15) is 0 Å². The summed E-state index contributed by atoms with van der Waals surface area (Å²) in [7, 11) is 0. The number of aromatic nitrogens is 6. The predicted octanol–water partition coefficient (Wildman–Crippen LogP) is 11.3. The van der Waals surface area contributed by atoms with Crippen LogP contribution in [0, 0.1) is 5.92 Å². The lowest BCUT2D eigenvalue weighted by Crippen LogP contribution is -2.39. The van der Waals surface area contributed by atoms with E-state index in [1.807, 2.05) is 66.7 Å². The molecule has 12 rings (SSSR count). The fourth-order valence-corrected chi connectivity index (χ4v) is 15.0. The number of rotatable bonds is 30. The molecule has 0 aliphatic heterocycles. The van der Waals surface area contributed by atoms with Gasteiger partial charge in [-0.3, -0.25) is 14.4 Å². The molecule has 12 N–H and O–H groups in total. The van der Waals surface area contributed by atoms with Gasteiger partial charge in [0.25, 0.3) is 17.7 Å². The normalized spacial score (nSPS) is 18.5. The van der Waals surface area contributed by atoms with Gasteiger partial charge in [-0.25, -0.2) is 43.1 Å². The third kappa shape index (κ3) is 16.9. The van der Waals surface area contributed by atoms with Gasteiger partial charge in [0.1, 0.15) is 42.1 Å². The Morgan fingerprint density at radius 3 is 1.49 bits per heavy atom. The van der Waals surface area contributed by atoms with Crippen LogP contribution in [-0.2, 0) is 0 Å². The fourth-order valence-electron chi connectivity index (χ4n) is 12.9. The number of nitrogens with one attached hydrogen (secondary N) is 7. The maximum absolute atomic E-state index is 15.3. The molecule has 12 atom stereocenters. The number of carbonyl (C=O) groups excluding carboxylic acids is 3. The molecule has 23 nitrogen and oxygen atoms in total. The van der Waals surface area contributed by atoms with Gasteiger partial charge in [-0.1, -0.05) is 44.2 Å². The Hall–Kier alpha value is -9.20. The van der Waals surface area contributed by atoms with Crippen molar-refractivity contribution < 1.29 is 53.1 Å². The number of fused-ring (bicyclic) bond motifs is 3. The van der Waals surface area contributed by atoms with E-state index in [0.29, 0.717) is 72.9 Å². The van der Waals surface area contributed by atoms with Gasteiger partial charge < -0.3 is 72.5 Å². The average molecular weight is 1440 g/mol. The Bertz CT molecular complexity index is 4520. The first kappa shape index (κ1) is 71.6. The molecule has 0 bridgehead atoms. The van der Waals surface area contributed by atoms with Gasteiger partial charge in [0.05, 0.1) is 132 Å². The van der Waals surface area contributed by atoms with Crippen LogP contribution in [0.3, 0.4) is 0 Å². The highest BCUT2D eigenvalue weighted by Crippen LogP contribution is 2.43. The summed E-state index contributed by atoms with van der Waals surface area (Å²) < 4.78 is 48.0. The number of carbonyl (C=O) groups is 3. The monoisotopic (exact) mass is 1440 g/mol. The van der Waals surface area contributed by atoms with E-state index in [0.717, 1.165) is 47.7 Å². The number of aliphatic hydroxyl groups is 5. The highest BCUT2D eigenvalue weighted by molar-refractivity contribution is 7.17. The quantitative estimate of drug-likeness (QED) is 0.0199. The first-order valence-corrected chi connectivity index (χ1v) is 36.2. The molecule has 2 aliphatic rings. The lowest BCUT2D eigenvalue weighted by Gasteiger charge is -2.32. The summed E-state index contributed by atoms with van der Waals surface area (Å²) in [5.41, 5.74) is 11.9. The number of alkyl halides is 3. The number of thiazole rings is 3. The maximum atomic E-state index is 15.3. The van der Waals surface area contributed by atoms with E-state index < -0.39 is 98.9 Å². The highest BCUT2D eigenvalue weighted by Gasteiger charge is 2.37. The van der Waals surface area contributed by atoms with Gasteiger partial charge in [-0.15, -0.1) is 34.0 Å². The number of amides is 3. The molecule has 12 unspecified atom stereocenters. The molecule has 4 aromatic carbocycles. The molecular formula is C72H80F3N15O8S3. The minimum absolute atomic E-state index is 0.00224. The largest absolute Gasteiger partial charge is 0.394 e. The van der Waals surface area contributed by atoms with Crippen molar-refractivity contribution in [3.05, 3.63) is 161 Å². The van der Waals surface area contributed by atoms with E-state index in [4.69, 9.17) is 9.97 Å². The minimum Gasteiger partial charge on any atom is -0.394 e. The number of pyridine rings is 3. The molecule has 530 valence electrons. The SMILES string of the molecule is CC(C)C(O)C(F)CNC(=O)c1cnc(N(c2ccc3ncsc3c2)C2CCC(Nc3cc(N(c4ccc5ncsc5c4)C4CCC(Nc5cc(Nc6ccc7ncsc7c6)ncc5C(=O)NCC(F)C(C)O)C4)ncc3C(=O)NCC(F)C(C)O)C2)cc1NC(c1ccccc1)C(O)CO. The van der Waals surface area contributed by atoms with E-state index in [1.54, 1.807) is 66.8 Å². The number of hydrogen-bond acceptors (Lipinski definition) is 23. The summed E-state index contributed by atoms with van der Waals surface area (Å²) in [5.74, 6) is -1.06. The molecule has 6 heterocycles. The number of aliphatic hydroxyl groups excluding tert-OH is 5. The smallest absolute Gasteiger partial charge is 0.255 e. The molecule has 0 radical (unpaired) electrons. The van der Waals surface area contributed by atoms with Gasteiger partial charge in [-0.05, 0) is 118 Å². The molecule has 2 aliphatic carbocycles. The number of nitrogens with zero attached hydrogens (tertiary/aromatic N) is 8. The van der Waals surface area contributed by atoms with E-state index in [2.05, 4.69) is 67.0 Å². The second kappa shape index (κ2) is 32.2. The number of halogens is 3. The van der Waals surface area contributed by atoms with Crippen LogP contribution in [0.15, 0.2) is 138 Å². The first-order chi connectivity index (χ1) is 48.7. The zero-order chi connectivity index (χ0) is 71.0. The van der Waals surface area contributed by atoms with Crippen molar-refractivity contribution in [2.75, 3.05) is 57.3 Å². The van der Waals surface area contributed by atoms with Gasteiger partial charge in [0.15, 0.2) is 0 Å². The molecule has 29 heteroatoms. The highest BCUT2D eigenvalue weighted by atomic mass is 32.1. The molecule has 10 aromatic rings. The Labute approximate surface area is 592 Å². The summed E-state index contributed by atoms with van der Waals surface area (Å²) in [6, 6.07) is 29.6. The third-order valence-electron chi connectivity index (χ3n) is 18.5. The topological polar surface area (TPSA) is 320 Å². The van der Waals surface area contributed by atoms with Crippen LogP contribution < -0.4 is 47.0 Å². The van der Waals surface area contributed by atoms with Crippen molar-refractivity contribution in [3.8, 4) is 0 Å². The predicted molar refractivity (Wildman–Crippen MR) is 391 cm³/mol. The summed E-state index contributed by atoms with van der Waals surface area (Å²) in [6.45, 7) is 3.92. The number of benzene rings is 4. The number of hydrogen-bond donors (Lipinski definition) is 12. The van der Waals surface area contributed by atoms with Crippen LogP contribution in [0.25, 0.3) is 30.6 Å². The summed E-state index contributed by atoms with van der Waals surface area (Å²) in [6.07, 6.45) is -3.06. The van der Waals surface area contributed by atoms with E-state index in [-0.39, 0.29) is 46.5 Å². The molecule has 3 amide bonds. The second-order valence-corrected chi connectivity index (χ2v) is 28.7. The Kier molecular flexibility index (Phi) is 22.8. The summed E-state index contributed by atoms with van der Waals surface area (Å²) in [4.78, 5) is 74.9. The van der Waals surface area contributed by atoms with Crippen molar-refractivity contribution >= 4 is 134 Å². The van der Waals surface area contributed by atoms with E-state index in [9.17, 15) is 44.3 Å². The molecular weight excluding hydrogens is 1360 g/mol. The van der Waals surface area contributed by atoms with Crippen LogP contribution >= 0.6 is 34.0 Å². The van der Waals surface area contributed by atoms with E-state index in [1.165, 1.54) is 66.4 Å². The Morgan fingerprint density at radius 2 is 0.990 bits per heavy atom. The van der Waals surface area contributed by atoms with Crippen molar-refractivity contribution in [1.29, 1.82) is 0 Å². The maximum Gasteiger partial charge on any atom is 0.255 e. The number of anilines is 9. The van der Waals surface area contributed by atoms with Crippen LogP contribution in [0.5, 0.6) is 0 Å². The van der Waals surface area contributed by atoms with Crippen LogP contribution in [-0.4, -0.2) is 166 Å². The lowest BCUT2D eigenvalue weighted by molar-refractivity contribution is 0.0406. The third-order valence-corrected chi connectivity index (χ3v) is 20.8. The van der Waals surface area contributed by atoms with Gasteiger partial charge in [0, 0.05) is 78.0 Å². The zero-order valence-corrected chi connectivity index (χ0v) is 58.2. The van der Waals surface area contributed by atoms with Crippen molar-refractivity contribution in [3.63, 3.8) is 0 Å². The fraction of sp³-hybridized carbons (Fsp3) is 0.375.